The van der Waals surface area contributed by atoms with Crippen LogP contribution in [0.3, 0.4) is 0 Å². The van der Waals surface area contributed by atoms with Gasteiger partial charge in [-0.3, -0.25) is 4.90 Å². The molecule has 0 saturated carbocycles. The first-order valence-electron chi connectivity index (χ1n) is 7.47. The van der Waals surface area contributed by atoms with Crippen LogP contribution in [0.4, 0.5) is 0 Å². The lowest BCUT2D eigenvalue weighted by Crippen LogP contribution is -2.32. The van der Waals surface area contributed by atoms with Crippen LogP contribution in [0.5, 0.6) is 5.75 Å². The van der Waals surface area contributed by atoms with Crippen molar-refractivity contribution in [2.45, 2.75) is 32.2 Å². The number of hydrogen-bond acceptors (Lipinski definition) is 3. The summed E-state index contributed by atoms with van der Waals surface area (Å²) in [7, 11) is 1.71. The van der Waals surface area contributed by atoms with Crippen molar-refractivity contribution < 1.29 is 4.74 Å². The van der Waals surface area contributed by atoms with Crippen molar-refractivity contribution in [3.8, 4) is 5.75 Å². The number of ether oxygens (including phenoxy) is 1. The first-order valence-corrected chi connectivity index (χ1v) is 8.26. The lowest BCUT2D eigenvalue weighted by atomic mass is 10.0. The van der Waals surface area contributed by atoms with E-state index in [-0.39, 0.29) is 6.04 Å². The molecule has 1 heterocycles. The molecule has 0 radical (unpaired) electrons. The minimum Gasteiger partial charge on any atom is -0.497 e. The molecular weight excluding hydrogens is 316 g/mol. The van der Waals surface area contributed by atoms with Crippen LogP contribution in [0, 0.1) is 5.92 Å². The van der Waals surface area contributed by atoms with Crippen molar-refractivity contribution in [3.05, 3.63) is 28.2 Å². The van der Waals surface area contributed by atoms with Crippen molar-refractivity contribution >= 4 is 15.9 Å². The van der Waals surface area contributed by atoms with Gasteiger partial charge in [-0.25, -0.2) is 0 Å². The quantitative estimate of drug-likeness (QED) is 0.860. The predicted octanol–water partition coefficient (Wildman–Crippen LogP) is 3.58. The van der Waals surface area contributed by atoms with Crippen molar-refractivity contribution in [2.75, 3.05) is 26.7 Å². The SMILES string of the molecule is CCCC1CCN(C(CN)c2cc(OC)ccc2Br)C1. The molecule has 0 bridgehead atoms. The first kappa shape index (κ1) is 15.8. The number of halogens is 1. The van der Waals surface area contributed by atoms with E-state index in [1.165, 1.54) is 31.4 Å². The molecule has 2 rings (SSSR count). The van der Waals surface area contributed by atoms with Crippen LogP contribution in [0.15, 0.2) is 22.7 Å². The van der Waals surface area contributed by atoms with E-state index in [0.717, 1.165) is 22.7 Å². The van der Waals surface area contributed by atoms with Gasteiger partial charge in [-0.15, -0.1) is 0 Å². The van der Waals surface area contributed by atoms with E-state index < -0.39 is 0 Å². The molecule has 2 unspecified atom stereocenters. The number of hydrogen-bond donors (Lipinski definition) is 1. The van der Waals surface area contributed by atoms with Crippen LogP contribution >= 0.6 is 15.9 Å². The molecule has 1 fully saturated rings. The van der Waals surface area contributed by atoms with E-state index in [2.05, 4.69) is 39.9 Å². The highest BCUT2D eigenvalue weighted by atomic mass is 79.9. The predicted molar refractivity (Wildman–Crippen MR) is 87.1 cm³/mol. The third-order valence-electron chi connectivity index (χ3n) is 4.24. The number of methoxy groups -OCH3 is 1. The number of likely N-dealkylation sites (tertiary alicyclic amines) is 1. The molecule has 4 heteroatoms. The van der Waals surface area contributed by atoms with Crippen molar-refractivity contribution in [2.24, 2.45) is 11.7 Å². The zero-order valence-corrected chi connectivity index (χ0v) is 14.0. The number of nitrogens with zero attached hydrogens (tertiary/aromatic N) is 1. The van der Waals surface area contributed by atoms with Crippen molar-refractivity contribution in [1.29, 1.82) is 0 Å². The Bertz CT molecular complexity index is 438. The lowest BCUT2D eigenvalue weighted by Gasteiger charge is -2.28. The molecule has 0 aromatic heterocycles. The monoisotopic (exact) mass is 340 g/mol. The summed E-state index contributed by atoms with van der Waals surface area (Å²) in [6.07, 6.45) is 3.90. The molecule has 3 nitrogen and oxygen atoms in total. The van der Waals surface area contributed by atoms with E-state index in [0.29, 0.717) is 6.54 Å². The van der Waals surface area contributed by atoms with Gasteiger partial charge in [-0.2, -0.15) is 0 Å². The van der Waals surface area contributed by atoms with Crippen LogP contribution in [-0.4, -0.2) is 31.6 Å². The van der Waals surface area contributed by atoms with Gasteiger partial charge in [-0.05, 0) is 49.1 Å². The number of benzene rings is 1. The second-order valence-corrected chi connectivity index (χ2v) is 6.43. The van der Waals surface area contributed by atoms with Gasteiger partial charge < -0.3 is 10.5 Å². The zero-order valence-electron chi connectivity index (χ0n) is 12.4. The summed E-state index contributed by atoms with van der Waals surface area (Å²) in [6.45, 7) is 5.22. The van der Waals surface area contributed by atoms with Crippen LogP contribution in [-0.2, 0) is 0 Å². The fourth-order valence-electron chi connectivity index (χ4n) is 3.17. The molecule has 1 aliphatic heterocycles. The summed E-state index contributed by atoms with van der Waals surface area (Å²) < 4.78 is 6.46. The Morgan fingerprint density at radius 1 is 1.50 bits per heavy atom. The Balaban J connectivity index is 2.16. The largest absolute Gasteiger partial charge is 0.497 e. The number of nitrogens with two attached hydrogens (primary N) is 1. The van der Waals surface area contributed by atoms with Crippen LogP contribution in [0.1, 0.15) is 37.8 Å². The van der Waals surface area contributed by atoms with Crippen molar-refractivity contribution in [1.82, 2.24) is 4.90 Å². The summed E-state index contributed by atoms with van der Waals surface area (Å²) in [5, 5.41) is 0. The fraction of sp³-hybridized carbons (Fsp3) is 0.625. The van der Waals surface area contributed by atoms with Gasteiger partial charge in [0.25, 0.3) is 0 Å². The third kappa shape index (κ3) is 3.54. The fourth-order valence-corrected chi connectivity index (χ4v) is 3.68. The van der Waals surface area contributed by atoms with Gasteiger partial charge in [-0.1, -0.05) is 29.3 Å². The highest BCUT2D eigenvalue weighted by Crippen LogP contribution is 2.34. The molecule has 2 N–H and O–H groups in total. The molecule has 2 atom stereocenters. The van der Waals surface area contributed by atoms with E-state index in [4.69, 9.17) is 10.5 Å². The average molecular weight is 341 g/mol. The highest BCUT2D eigenvalue weighted by Gasteiger charge is 2.29. The molecule has 112 valence electrons. The molecule has 20 heavy (non-hydrogen) atoms. The van der Waals surface area contributed by atoms with Crippen LogP contribution in [0.2, 0.25) is 0 Å². The molecule has 1 aromatic rings. The second kappa shape index (κ2) is 7.43. The van der Waals surface area contributed by atoms with Gasteiger partial charge in [0.1, 0.15) is 5.75 Å². The normalized spacial score (nSPS) is 21.1. The Hall–Kier alpha value is -0.580. The second-order valence-electron chi connectivity index (χ2n) is 5.58. The molecular formula is C16H25BrN2O. The summed E-state index contributed by atoms with van der Waals surface area (Å²) >= 11 is 3.66. The molecule has 0 spiro atoms. The van der Waals surface area contributed by atoms with Gasteiger partial charge in [0.05, 0.1) is 7.11 Å². The van der Waals surface area contributed by atoms with Crippen molar-refractivity contribution in [3.63, 3.8) is 0 Å². The number of rotatable bonds is 6. The average Bonchev–Trinajstić information content (AvgIpc) is 2.90. The topological polar surface area (TPSA) is 38.5 Å². The summed E-state index contributed by atoms with van der Waals surface area (Å²) in [4.78, 5) is 2.53. The maximum atomic E-state index is 6.06. The Labute approximate surface area is 130 Å². The van der Waals surface area contributed by atoms with E-state index in [1.54, 1.807) is 7.11 Å². The van der Waals surface area contributed by atoms with E-state index in [1.807, 2.05) is 6.07 Å². The Kier molecular flexibility index (Phi) is 5.87. The van der Waals surface area contributed by atoms with Gasteiger partial charge in [0.15, 0.2) is 0 Å². The molecule has 0 aliphatic carbocycles. The zero-order chi connectivity index (χ0) is 14.5. The molecule has 0 amide bonds. The summed E-state index contributed by atoms with van der Waals surface area (Å²) in [6, 6.07) is 6.41. The molecule has 1 aromatic carbocycles. The van der Waals surface area contributed by atoms with Crippen LogP contribution in [0.25, 0.3) is 0 Å². The first-order chi connectivity index (χ1) is 9.69. The minimum absolute atomic E-state index is 0.279. The molecule has 1 aliphatic rings. The minimum atomic E-state index is 0.279. The lowest BCUT2D eigenvalue weighted by molar-refractivity contribution is 0.238. The Morgan fingerprint density at radius 2 is 2.30 bits per heavy atom. The highest BCUT2D eigenvalue weighted by molar-refractivity contribution is 9.10. The maximum absolute atomic E-state index is 6.06. The summed E-state index contributed by atoms with van der Waals surface area (Å²) in [5.74, 6) is 1.73. The van der Waals surface area contributed by atoms with Gasteiger partial charge in [0.2, 0.25) is 0 Å². The van der Waals surface area contributed by atoms with E-state index in [9.17, 15) is 0 Å². The summed E-state index contributed by atoms with van der Waals surface area (Å²) in [5.41, 5.74) is 7.30. The van der Waals surface area contributed by atoms with Crippen LogP contribution < -0.4 is 10.5 Å². The standard InChI is InChI=1S/C16H25BrN2O/c1-3-4-12-7-8-19(11-12)16(10-18)14-9-13(20-2)5-6-15(14)17/h5-6,9,12,16H,3-4,7-8,10-11,18H2,1-2H3. The maximum Gasteiger partial charge on any atom is 0.119 e. The third-order valence-corrected chi connectivity index (χ3v) is 4.96. The molecule has 1 saturated heterocycles. The smallest absolute Gasteiger partial charge is 0.119 e. The van der Waals surface area contributed by atoms with Gasteiger partial charge >= 0.3 is 0 Å². The Morgan fingerprint density at radius 3 is 2.95 bits per heavy atom. The van der Waals surface area contributed by atoms with E-state index >= 15 is 0 Å². The van der Waals surface area contributed by atoms with Gasteiger partial charge in [0, 0.05) is 23.6 Å².